The number of aryl methyl sites for hydroxylation is 4. The number of carbonyl (C=O) groups is 1. The van der Waals surface area contributed by atoms with Gasteiger partial charge in [0.05, 0.1) is 10.2 Å². The molecule has 1 amide bonds. The number of hydrogen-bond donors (Lipinski definition) is 0. The lowest BCUT2D eigenvalue weighted by molar-refractivity contribution is 0.0746. The largest absolute Gasteiger partial charge is 0.345 e. The Morgan fingerprint density at radius 1 is 0.926 bits per heavy atom. The first kappa shape index (κ1) is 18.0. The third kappa shape index (κ3) is 3.44. The maximum absolute atomic E-state index is 12.8. The summed E-state index contributed by atoms with van der Waals surface area (Å²) in [7, 11) is 0. The van der Waals surface area contributed by atoms with Crippen molar-refractivity contribution in [2.45, 2.75) is 27.7 Å². The van der Waals surface area contributed by atoms with Crippen LogP contribution in [0, 0.1) is 27.7 Å². The topological polar surface area (TPSA) is 36.4 Å². The zero-order chi connectivity index (χ0) is 19.1. The van der Waals surface area contributed by atoms with Crippen LogP contribution in [0.1, 0.15) is 32.6 Å². The van der Waals surface area contributed by atoms with Crippen molar-refractivity contribution in [2.75, 3.05) is 31.1 Å². The Labute approximate surface area is 164 Å². The van der Waals surface area contributed by atoms with Crippen molar-refractivity contribution in [1.82, 2.24) is 9.88 Å². The van der Waals surface area contributed by atoms with Crippen LogP contribution in [-0.4, -0.2) is 42.0 Å². The number of amides is 1. The van der Waals surface area contributed by atoms with E-state index < -0.39 is 0 Å². The number of anilines is 1. The maximum Gasteiger partial charge on any atom is 0.253 e. The monoisotopic (exact) mass is 379 g/mol. The summed E-state index contributed by atoms with van der Waals surface area (Å²) in [6.45, 7) is 11.5. The lowest BCUT2D eigenvalue weighted by atomic mass is 10.1. The minimum Gasteiger partial charge on any atom is -0.345 e. The van der Waals surface area contributed by atoms with Gasteiger partial charge in [0.25, 0.3) is 5.91 Å². The quantitative estimate of drug-likeness (QED) is 0.658. The van der Waals surface area contributed by atoms with Crippen LogP contribution in [0.5, 0.6) is 0 Å². The highest BCUT2D eigenvalue weighted by molar-refractivity contribution is 7.22. The van der Waals surface area contributed by atoms with E-state index in [-0.39, 0.29) is 5.91 Å². The molecule has 3 aromatic rings. The Bertz CT molecular complexity index is 1020. The molecule has 1 aliphatic heterocycles. The second kappa shape index (κ2) is 6.97. The number of piperazine rings is 1. The summed E-state index contributed by atoms with van der Waals surface area (Å²) in [4.78, 5) is 22.0. The zero-order valence-corrected chi connectivity index (χ0v) is 17.2. The van der Waals surface area contributed by atoms with Gasteiger partial charge in [-0.2, -0.15) is 0 Å². The fourth-order valence-electron chi connectivity index (χ4n) is 3.65. The summed E-state index contributed by atoms with van der Waals surface area (Å²) in [6, 6.07) is 10.4. The van der Waals surface area contributed by atoms with E-state index in [9.17, 15) is 4.79 Å². The summed E-state index contributed by atoms with van der Waals surface area (Å²) >= 11 is 1.75. The molecule has 1 fully saturated rings. The Hall–Kier alpha value is -2.40. The minimum absolute atomic E-state index is 0.133. The van der Waals surface area contributed by atoms with Gasteiger partial charge >= 0.3 is 0 Å². The van der Waals surface area contributed by atoms with E-state index in [0.29, 0.717) is 0 Å². The summed E-state index contributed by atoms with van der Waals surface area (Å²) in [6.07, 6.45) is 0. The highest BCUT2D eigenvalue weighted by Crippen LogP contribution is 2.32. The van der Waals surface area contributed by atoms with E-state index in [1.165, 1.54) is 27.0 Å². The first-order valence-electron chi connectivity index (χ1n) is 9.41. The molecule has 0 atom stereocenters. The van der Waals surface area contributed by atoms with Gasteiger partial charge in [0.15, 0.2) is 5.13 Å². The minimum atomic E-state index is 0.133. The van der Waals surface area contributed by atoms with Crippen LogP contribution < -0.4 is 4.90 Å². The number of fused-ring (bicyclic) bond motifs is 1. The van der Waals surface area contributed by atoms with Gasteiger partial charge in [-0.25, -0.2) is 4.98 Å². The lowest BCUT2D eigenvalue weighted by Gasteiger charge is -2.34. The van der Waals surface area contributed by atoms with Gasteiger partial charge in [0.2, 0.25) is 0 Å². The molecule has 4 nitrogen and oxygen atoms in total. The first-order valence-corrected chi connectivity index (χ1v) is 10.2. The van der Waals surface area contributed by atoms with E-state index >= 15 is 0 Å². The molecular weight excluding hydrogens is 354 g/mol. The molecule has 1 saturated heterocycles. The maximum atomic E-state index is 12.8. The number of hydrogen-bond acceptors (Lipinski definition) is 4. The Kier molecular flexibility index (Phi) is 4.64. The molecule has 5 heteroatoms. The summed E-state index contributed by atoms with van der Waals surface area (Å²) in [5, 5.41) is 1.07. The third-order valence-electron chi connectivity index (χ3n) is 5.41. The van der Waals surface area contributed by atoms with Crippen LogP contribution in [0.15, 0.2) is 30.3 Å². The van der Waals surface area contributed by atoms with Gasteiger partial charge in [-0.3, -0.25) is 4.79 Å². The first-order chi connectivity index (χ1) is 12.9. The lowest BCUT2D eigenvalue weighted by Crippen LogP contribution is -2.48. The van der Waals surface area contributed by atoms with Crippen LogP contribution in [0.3, 0.4) is 0 Å². The van der Waals surface area contributed by atoms with Crippen LogP contribution in [0.2, 0.25) is 0 Å². The summed E-state index contributed by atoms with van der Waals surface area (Å²) in [5.74, 6) is 0.133. The molecular formula is C22H25N3OS. The molecule has 0 bridgehead atoms. The number of rotatable bonds is 2. The second-order valence-corrected chi connectivity index (χ2v) is 8.51. The number of nitrogens with zero attached hydrogens (tertiary/aromatic N) is 3. The van der Waals surface area contributed by atoms with Crippen molar-refractivity contribution in [3.63, 3.8) is 0 Å². The van der Waals surface area contributed by atoms with Gasteiger partial charge in [-0.1, -0.05) is 23.5 Å². The van der Waals surface area contributed by atoms with Gasteiger partial charge in [-0.15, -0.1) is 0 Å². The van der Waals surface area contributed by atoms with Crippen molar-refractivity contribution in [1.29, 1.82) is 0 Å². The molecule has 140 valence electrons. The molecule has 1 aliphatic rings. The Morgan fingerprint density at radius 2 is 1.67 bits per heavy atom. The summed E-state index contributed by atoms with van der Waals surface area (Å²) in [5.41, 5.74) is 6.79. The normalized spacial score (nSPS) is 14.8. The van der Waals surface area contributed by atoms with Crippen LogP contribution >= 0.6 is 11.3 Å². The summed E-state index contributed by atoms with van der Waals surface area (Å²) < 4.78 is 1.25. The third-order valence-corrected chi connectivity index (χ3v) is 6.47. The van der Waals surface area contributed by atoms with E-state index in [4.69, 9.17) is 4.98 Å². The van der Waals surface area contributed by atoms with E-state index in [2.05, 4.69) is 44.7 Å². The average molecular weight is 380 g/mol. The molecule has 0 saturated carbocycles. The highest BCUT2D eigenvalue weighted by atomic mass is 32.1. The fraction of sp³-hybridized carbons (Fsp3) is 0.364. The van der Waals surface area contributed by atoms with Gasteiger partial charge < -0.3 is 9.80 Å². The van der Waals surface area contributed by atoms with Gasteiger partial charge in [-0.05, 0) is 68.1 Å². The molecule has 0 aliphatic carbocycles. The number of carbonyl (C=O) groups excluding carboxylic acids is 1. The Morgan fingerprint density at radius 3 is 2.37 bits per heavy atom. The molecule has 4 rings (SSSR count). The SMILES string of the molecule is Cc1cc(C)c2nc(N3CCN(C(=O)c4ccc(C)c(C)c4)CC3)sc2c1. The van der Waals surface area contributed by atoms with Crippen LogP contribution in [0.25, 0.3) is 10.2 Å². The van der Waals surface area contributed by atoms with E-state index in [0.717, 1.165) is 42.4 Å². The zero-order valence-electron chi connectivity index (χ0n) is 16.4. The predicted molar refractivity (Wildman–Crippen MR) is 113 cm³/mol. The molecule has 27 heavy (non-hydrogen) atoms. The highest BCUT2D eigenvalue weighted by Gasteiger charge is 2.24. The number of aromatic nitrogens is 1. The van der Waals surface area contributed by atoms with Crippen molar-refractivity contribution in [3.05, 3.63) is 58.1 Å². The molecule has 0 spiro atoms. The molecule has 0 unspecified atom stereocenters. The molecule has 0 radical (unpaired) electrons. The fourth-order valence-corrected chi connectivity index (χ4v) is 4.85. The van der Waals surface area contributed by atoms with Crippen molar-refractivity contribution in [3.8, 4) is 0 Å². The molecule has 0 N–H and O–H groups in total. The predicted octanol–water partition coefficient (Wildman–Crippen LogP) is 4.49. The van der Waals surface area contributed by atoms with Gasteiger partial charge in [0.1, 0.15) is 0 Å². The standard InChI is InChI=1S/C22H25N3OS/c1-14-11-17(4)20-19(12-14)27-22(23-20)25-9-7-24(8-10-25)21(26)18-6-5-15(2)16(3)13-18/h5-6,11-13H,7-10H2,1-4H3. The van der Waals surface area contributed by atoms with Crippen LogP contribution in [0.4, 0.5) is 5.13 Å². The molecule has 2 heterocycles. The smallest absolute Gasteiger partial charge is 0.253 e. The van der Waals surface area contributed by atoms with Crippen LogP contribution in [-0.2, 0) is 0 Å². The van der Waals surface area contributed by atoms with Crippen molar-refractivity contribution in [2.24, 2.45) is 0 Å². The number of thiazole rings is 1. The van der Waals surface area contributed by atoms with Gasteiger partial charge in [0, 0.05) is 31.7 Å². The van der Waals surface area contributed by atoms with E-state index in [1.807, 2.05) is 23.1 Å². The molecule has 1 aromatic heterocycles. The van der Waals surface area contributed by atoms with Crippen molar-refractivity contribution < 1.29 is 4.79 Å². The number of benzene rings is 2. The van der Waals surface area contributed by atoms with Crippen molar-refractivity contribution >= 4 is 32.6 Å². The average Bonchev–Trinajstić information content (AvgIpc) is 3.08. The second-order valence-electron chi connectivity index (χ2n) is 7.50. The molecule has 2 aromatic carbocycles. The van der Waals surface area contributed by atoms with E-state index in [1.54, 1.807) is 11.3 Å². The Balaban J connectivity index is 1.48.